The normalized spacial score (nSPS) is 12.1. The zero-order valence-corrected chi connectivity index (χ0v) is 16.2. The highest BCUT2D eigenvalue weighted by Crippen LogP contribution is 2.27. The number of ketones is 2. The highest BCUT2D eigenvalue weighted by molar-refractivity contribution is 6.43. The van der Waals surface area contributed by atoms with Crippen LogP contribution in [0.2, 0.25) is 0 Å². The molecule has 0 fully saturated rings. The fraction of sp³-hybridized carbons (Fsp3) is 0.318. The number of hydrogen-bond acceptors (Lipinski definition) is 4. The van der Waals surface area contributed by atoms with E-state index in [0.717, 1.165) is 23.3 Å². The first-order chi connectivity index (χ1) is 13.3. The molecule has 1 aliphatic rings. The molecule has 1 N–H and O–H groups in total. The minimum Gasteiger partial charge on any atom is -0.493 e. The highest BCUT2D eigenvalue weighted by Gasteiger charge is 2.28. The number of carbonyl (C=O) groups excluding carboxylic acids is 3. The van der Waals surface area contributed by atoms with Gasteiger partial charge >= 0.3 is 0 Å². The molecule has 0 saturated carbocycles. The van der Waals surface area contributed by atoms with Crippen molar-refractivity contribution in [3.05, 3.63) is 51.8 Å². The summed E-state index contributed by atoms with van der Waals surface area (Å²) in [5, 5.41) is 2.38. The number of aromatic nitrogens is 1. The van der Waals surface area contributed by atoms with E-state index in [-0.39, 0.29) is 24.3 Å². The number of nitrogens with one attached hydrogen (secondary N) is 1. The maximum Gasteiger partial charge on any atom is 0.293 e. The minimum absolute atomic E-state index is 0.0245. The summed E-state index contributed by atoms with van der Waals surface area (Å²) in [5.74, 6) is 1.57. The van der Waals surface area contributed by atoms with Gasteiger partial charge in [-0.2, -0.15) is 0 Å². The molecule has 3 rings (SSSR count). The van der Waals surface area contributed by atoms with Crippen molar-refractivity contribution in [2.75, 3.05) is 13.2 Å². The van der Waals surface area contributed by atoms with Crippen molar-refractivity contribution in [1.29, 1.82) is 0 Å². The van der Waals surface area contributed by atoms with Gasteiger partial charge in [0.05, 0.1) is 24.4 Å². The van der Waals surface area contributed by atoms with Crippen molar-refractivity contribution in [1.82, 2.24) is 9.88 Å². The predicted octanol–water partition coefficient (Wildman–Crippen LogP) is 1.93. The van der Waals surface area contributed by atoms with E-state index in [1.54, 1.807) is 25.5 Å². The quantitative estimate of drug-likeness (QED) is 0.473. The zero-order chi connectivity index (χ0) is 20.4. The molecule has 6 heteroatoms. The van der Waals surface area contributed by atoms with Crippen LogP contribution in [0.5, 0.6) is 5.75 Å². The first kappa shape index (κ1) is 19.4. The molecule has 1 aliphatic heterocycles. The molecule has 0 bridgehead atoms. The van der Waals surface area contributed by atoms with Gasteiger partial charge in [-0.15, -0.1) is 6.42 Å². The third kappa shape index (κ3) is 3.44. The van der Waals surface area contributed by atoms with Gasteiger partial charge in [-0.05, 0) is 36.6 Å². The van der Waals surface area contributed by atoms with Crippen LogP contribution in [0.25, 0.3) is 0 Å². The van der Waals surface area contributed by atoms with Crippen molar-refractivity contribution in [3.8, 4) is 18.1 Å². The second-order valence-electron chi connectivity index (χ2n) is 6.85. The molecule has 144 valence electrons. The van der Waals surface area contributed by atoms with E-state index >= 15 is 0 Å². The number of amides is 1. The van der Waals surface area contributed by atoms with Crippen molar-refractivity contribution >= 4 is 17.5 Å². The molecule has 0 aliphatic carbocycles. The lowest BCUT2D eigenvalue weighted by atomic mass is 9.99. The molecule has 6 nitrogen and oxygen atoms in total. The Morgan fingerprint density at radius 2 is 2.04 bits per heavy atom. The minimum atomic E-state index is -0.771. The second-order valence-corrected chi connectivity index (χ2v) is 6.85. The summed E-state index contributed by atoms with van der Waals surface area (Å²) >= 11 is 0. The van der Waals surface area contributed by atoms with Crippen molar-refractivity contribution < 1.29 is 19.1 Å². The van der Waals surface area contributed by atoms with E-state index in [0.29, 0.717) is 23.6 Å². The molecule has 2 aromatic rings. The smallest absolute Gasteiger partial charge is 0.293 e. The lowest BCUT2D eigenvalue weighted by Crippen LogP contribution is -2.31. The van der Waals surface area contributed by atoms with Gasteiger partial charge in [-0.1, -0.05) is 18.1 Å². The average molecular weight is 378 g/mol. The molecular weight excluding hydrogens is 356 g/mol. The van der Waals surface area contributed by atoms with Gasteiger partial charge in [-0.3, -0.25) is 14.4 Å². The van der Waals surface area contributed by atoms with Crippen molar-refractivity contribution in [3.63, 3.8) is 0 Å². The number of rotatable bonds is 6. The number of fused-ring (bicyclic) bond motifs is 1. The molecule has 2 heterocycles. The molecule has 28 heavy (non-hydrogen) atoms. The van der Waals surface area contributed by atoms with Crippen LogP contribution < -0.4 is 10.1 Å². The summed E-state index contributed by atoms with van der Waals surface area (Å²) < 4.78 is 7.18. The van der Waals surface area contributed by atoms with Gasteiger partial charge in [0, 0.05) is 25.6 Å². The molecule has 0 spiro atoms. The number of nitrogens with zero attached hydrogens (tertiary/aromatic N) is 1. The van der Waals surface area contributed by atoms with Crippen LogP contribution in [-0.4, -0.2) is 35.2 Å². The van der Waals surface area contributed by atoms with Gasteiger partial charge in [-0.25, -0.2) is 0 Å². The average Bonchev–Trinajstić information content (AvgIpc) is 3.21. The number of benzene rings is 1. The fourth-order valence-electron chi connectivity index (χ4n) is 3.65. The third-order valence-electron chi connectivity index (χ3n) is 5.10. The van der Waals surface area contributed by atoms with Gasteiger partial charge in [0.2, 0.25) is 0 Å². The summed E-state index contributed by atoms with van der Waals surface area (Å²) in [6.45, 7) is 4.05. The summed E-state index contributed by atoms with van der Waals surface area (Å²) in [7, 11) is 1.72. The zero-order valence-electron chi connectivity index (χ0n) is 16.2. The first-order valence-corrected chi connectivity index (χ1v) is 9.04. The van der Waals surface area contributed by atoms with E-state index in [1.807, 2.05) is 18.2 Å². The summed E-state index contributed by atoms with van der Waals surface area (Å²) in [6, 6.07) is 5.76. The molecular formula is C22H22N2O4. The van der Waals surface area contributed by atoms with Crippen molar-refractivity contribution in [2.24, 2.45) is 7.05 Å². The Bertz CT molecular complexity index is 1020. The van der Waals surface area contributed by atoms with Crippen LogP contribution in [0.3, 0.4) is 0 Å². The molecule has 0 radical (unpaired) electrons. The van der Waals surface area contributed by atoms with Gasteiger partial charge in [0.1, 0.15) is 5.75 Å². The fourth-order valence-corrected chi connectivity index (χ4v) is 3.65. The molecule has 0 saturated heterocycles. The Kier molecular flexibility index (Phi) is 5.36. The van der Waals surface area contributed by atoms with Crippen LogP contribution in [-0.2, 0) is 24.7 Å². The summed E-state index contributed by atoms with van der Waals surface area (Å²) in [6.07, 6.45) is 6.17. The molecule has 1 amide bonds. The summed E-state index contributed by atoms with van der Waals surface area (Å²) in [4.78, 5) is 37.6. The Balaban J connectivity index is 1.88. The SMILES string of the molecule is C#CCNC(=O)C(=O)c1c(C)c(C(=O)Cc2ccc3c(c2)CCO3)n(C)c1C. The lowest BCUT2D eigenvalue weighted by molar-refractivity contribution is -0.116. The van der Waals surface area contributed by atoms with E-state index in [2.05, 4.69) is 11.2 Å². The number of ether oxygens (including phenoxy) is 1. The Hall–Kier alpha value is -3.33. The Morgan fingerprint density at radius 3 is 2.75 bits per heavy atom. The van der Waals surface area contributed by atoms with Crippen LogP contribution in [0.1, 0.15) is 43.2 Å². The third-order valence-corrected chi connectivity index (χ3v) is 5.10. The lowest BCUT2D eigenvalue weighted by Gasteiger charge is -2.07. The molecule has 0 unspecified atom stereocenters. The van der Waals surface area contributed by atoms with Gasteiger partial charge < -0.3 is 14.6 Å². The number of terminal acetylenes is 1. The van der Waals surface area contributed by atoms with E-state index < -0.39 is 11.7 Å². The van der Waals surface area contributed by atoms with E-state index in [1.165, 1.54) is 0 Å². The van der Waals surface area contributed by atoms with E-state index in [4.69, 9.17) is 11.2 Å². The van der Waals surface area contributed by atoms with Gasteiger partial charge in [0.15, 0.2) is 5.78 Å². The Morgan fingerprint density at radius 1 is 1.29 bits per heavy atom. The second kappa shape index (κ2) is 7.73. The summed E-state index contributed by atoms with van der Waals surface area (Å²) in [5.41, 5.74) is 3.77. The van der Waals surface area contributed by atoms with Crippen LogP contribution in [0.15, 0.2) is 18.2 Å². The van der Waals surface area contributed by atoms with Crippen LogP contribution in [0, 0.1) is 26.2 Å². The highest BCUT2D eigenvalue weighted by atomic mass is 16.5. The predicted molar refractivity (Wildman–Crippen MR) is 105 cm³/mol. The standard InChI is InChI=1S/C22H22N2O4/c1-5-9-23-22(27)21(26)19-13(2)20(24(4)14(19)3)17(25)12-15-6-7-18-16(11-15)8-10-28-18/h1,6-7,11H,8-10,12H2,2-4H3,(H,23,27). The number of Topliss-reactive ketones (excluding diaryl/α,β-unsaturated/α-hetero) is 2. The maximum atomic E-state index is 13.0. The number of carbonyl (C=O) groups is 3. The Labute approximate surface area is 163 Å². The van der Waals surface area contributed by atoms with Crippen LogP contribution >= 0.6 is 0 Å². The topological polar surface area (TPSA) is 77.4 Å². The number of hydrogen-bond donors (Lipinski definition) is 1. The van der Waals surface area contributed by atoms with Gasteiger partial charge in [0.25, 0.3) is 11.7 Å². The molecule has 1 aromatic heterocycles. The molecule has 1 aromatic carbocycles. The molecule has 0 atom stereocenters. The first-order valence-electron chi connectivity index (χ1n) is 9.04. The van der Waals surface area contributed by atoms with Crippen molar-refractivity contribution in [2.45, 2.75) is 26.7 Å². The van der Waals surface area contributed by atoms with Crippen LogP contribution in [0.4, 0.5) is 0 Å². The largest absolute Gasteiger partial charge is 0.493 e. The van der Waals surface area contributed by atoms with E-state index in [9.17, 15) is 14.4 Å². The monoisotopic (exact) mass is 378 g/mol. The maximum absolute atomic E-state index is 13.0.